The van der Waals surface area contributed by atoms with Crippen molar-refractivity contribution in [1.82, 2.24) is 10.3 Å². The largest absolute Gasteiger partial charge is 0.361 e. The second-order valence-electron chi connectivity index (χ2n) is 4.19. The molecule has 0 saturated carbocycles. The van der Waals surface area contributed by atoms with Crippen LogP contribution in [0.4, 0.5) is 0 Å². The van der Waals surface area contributed by atoms with Gasteiger partial charge < -0.3 is 10.3 Å². The molecule has 3 rings (SSSR count). The van der Waals surface area contributed by atoms with Crippen molar-refractivity contribution in [1.29, 1.82) is 0 Å². The molecule has 0 aliphatic heterocycles. The van der Waals surface area contributed by atoms with Crippen molar-refractivity contribution < 1.29 is 0 Å². The highest BCUT2D eigenvalue weighted by molar-refractivity contribution is 7.09. The summed E-state index contributed by atoms with van der Waals surface area (Å²) in [7, 11) is 0. The van der Waals surface area contributed by atoms with Gasteiger partial charge in [-0.1, -0.05) is 23.7 Å². The van der Waals surface area contributed by atoms with Crippen LogP contribution in [-0.2, 0) is 13.1 Å². The fraction of sp³-hybridized carbons (Fsp3) is 0.143. The number of aromatic amines is 1. The molecule has 2 nitrogen and oxygen atoms in total. The van der Waals surface area contributed by atoms with E-state index >= 15 is 0 Å². The summed E-state index contributed by atoms with van der Waals surface area (Å²) in [5, 5.41) is 7.56. The van der Waals surface area contributed by atoms with Crippen LogP contribution in [0.2, 0.25) is 5.02 Å². The highest BCUT2D eigenvalue weighted by Gasteiger charge is 2.03. The van der Waals surface area contributed by atoms with Crippen molar-refractivity contribution in [2.24, 2.45) is 0 Å². The number of H-pyrrole nitrogens is 1. The monoisotopic (exact) mass is 276 g/mol. The van der Waals surface area contributed by atoms with Crippen LogP contribution in [0.5, 0.6) is 0 Å². The zero-order valence-corrected chi connectivity index (χ0v) is 11.3. The van der Waals surface area contributed by atoms with E-state index in [1.54, 1.807) is 11.3 Å². The molecule has 92 valence electrons. The van der Waals surface area contributed by atoms with Crippen molar-refractivity contribution in [3.05, 3.63) is 57.4 Å². The van der Waals surface area contributed by atoms with Crippen LogP contribution in [0, 0.1) is 0 Å². The lowest BCUT2D eigenvalue weighted by atomic mass is 10.2. The van der Waals surface area contributed by atoms with E-state index in [-0.39, 0.29) is 0 Å². The molecule has 0 bridgehead atoms. The standard InChI is InChI=1S/C14H13ClN2S/c15-11-3-4-13-10(8-17-14(13)6-11)7-16-9-12-2-1-5-18-12/h1-6,8,16-17H,7,9H2. The summed E-state index contributed by atoms with van der Waals surface area (Å²) in [5.41, 5.74) is 2.37. The molecule has 0 saturated heterocycles. The summed E-state index contributed by atoms with van der Waals surface area (Å²) in [6, 6.07) is 10.2. The lowest BCUT2D eigenvalue weighted by molar-refractivity contribution is 0.704. The van der Waals surface area contributed by atoms with E-state index in [4.69, 9.17) is 11.6 Å². The third-order valence-corrected chi connectivity index (χ3v) is 4.04. The molecule has 2 heterocycles. The van der Waals surface area contributed by atoms with Gasteiger partial charge in [-0.05, 0) is 29.1 Å². The summed E-state index contributed by atoms with van der Waals surface area (Å²) in [4.78, 5) is 4.61. The van der Waals surface area contributed by atoms with Gasteiger partial charge in [-0.3, -0.25) is 0 Å². The fourth-order valence-corrected chi connectivity index (χ4v) is 2.88. The summed E-state index contributed by atoms with van der Waals surface area (Å²) in [6.45, 7) is 1.78. The number of nitrogens with one attached hydrogen (secondary N) is 2. The Hall–Kier alpha value is -1.29. The normalized spacial score (nSPS) is 11.2. The minimum Gasteiger partial charge on any atom is -0.361 e. The zero-order chi connectivity index (χ0) is 12.4. The SMILES string of the molecule is Clc1ccc2c(CNCc3cccs3)c[nH]c2c1. The van der Waals surface area contributed by atoms with E-state index in [0.717, 1.165) is 23.6 Å². The van der Waals surface area contributed by atoms with Crippen LogP contribution in [0.1, 0.15) is 10.4 Å². The van der Waals surface area contributed by atoms with Crippen LogP contribution in [0.15, 0.2) is 41.9 Å². The molecule has 3 aromatic rings. The first kappa shape index (κ1) is 11.8. The van der Waals surface area contributed by atoms with E-state index in [1.165, 1.54) is 15.8 Å². The highest BCUT2D eigenvalue weighted by Crippen LogP contribution is 2.22. The summed E-state index contributed by atoms with van der Waals surface area (Å²) in [5.74, 6) is 0. The fourth-order valence-electron chi connectivity index (χ4n) is 2.04. The average molecular weight is 277 g/mol. The average Bonchev–Trinajstić information content (AvgIpc) is 2.99. The molecule has 0 amide bonds. The third-order valence-electron chi connectivity index (χ3n) is 2.92. The van der Waals surface area contributed by atoms with Gasteiger partial charge in [0.05, 0.1) is 0 Å². The first-order valence-corrected chi connectivity index (χ1v) is 7.07. The van der Waals surface area contributed by atoms with Gasteiger partial charge in [0.15, 0.2) is 0 Å². The van der Waals surface area contributed by atoms with Gasteiger partial charge in [-0.15, -0.1) is 11.3 Å². The van der Waals surface area contributed by atoms with Crippen molar-refractivity contribution in [3.8, 4) is 0 Å². The minimum absolute atomic E-state index is 0.766. The van der Waals surface area contributed by atoms with Crippen molar-refractivity contribution >= 4 is 33.8 Å². The Morgan fingerprint density at radius 3 is 3.00 bits per heavy atom. The number of aromatic nitrogens is 1. The Kier molecular flexibility index (Phi) is 3.37. The van der Waals surface area contributed by atoms with Gasteiger partial charge >= 0.3 is 0 Å². The maximum absolute atomic E-state index is 5.97. The van der Waals surface area contributed by atoms with E-state index in [2.05, 4.69) is 33.9 Å². The topological polar surface area (TPSA) is 27.8 Å². The lowest BCUT2D eigenvalue weighted by Crippen LogP contribution is -2.11. The zero-order valence-electron chi connectivity index (χ0n) is 9.74. The number of fused-ring (bicyclic) bond motifs is 1. The summed E-state index contributed by atoms with van der Waals surface area (Å²) >= 11 is 7.74. The van der Waals surface area contributed by atoms with Gasteiger partial charge in [0.2, 0.25) is 0 Å². The van der Waals surface area contributed by atoms with Crippen LogP contribution >= 0.6 is 22.9 Å². The number of hydrogen-bond donors (Lipinski definition) is 2. The Bertz CT molecular complexity index is 643. The molecule has 2 aromatic heterocycles. The highest BCUT2D eigenvalue weighted by atomic mass is 35.5. The van der Waals surface area contributed by atoms with Gasteiger partial charge in [-0.25, -0.2) is 0 Å². The second-order valence-corrected chi connectivity index (χ2v) is 5.66. The number of rotatable bonds is 4. The number of halogens is 1. The van der Waals surface area contributed by atoms with Gasteiger partial charge in [-0.2, -0.15) is 0 Å². The Morgan fingerprint density at radius 1 is 1.22 bits per heavy atom. The van der Waals surface area contributed by atoms with Crippen LogP contribution in [-0.4, -0.2) is 4.98 Å². The quantitative estimate of drug-likeness (QED) is 0.735. The number of benzene rings is 1. The molecule has 0 aliphatic carbocycles. The Labute approximate surface area is 115 Å². The predicted octanol–water partition coefficient (Wildman–Crippen LogP) is 4.17. The van der Waals surface area contributed by atoms with E-state index in [1.807, 2.05) is 18.3 Å². The van der Waals surface area contributed by atoms with E-state index in [0.29, 0.717) is 0 Å². The first-order chi connectivity index (χ1) is 8.83. The molecule has 2 N–H and O–H groups in total. The van der Waals surface area contributed by atoms with Crippen LogP contribution in [0.3, 0.4) is 0 Å². The molecule has 0 spiro atoms. The van der Waals surface area contributed by atoms with Crippen molar-refractivity contribution in [3.63, 3.8) is 0 Å². The smallest absolute Gasteiger partial charge is 0.0472 e. The summed E-state index contributed by atoms with van der Waals surface area (Å²) in [6.07, 6.45) is 2.04. The molecule has 18 heavy (non-hydrogen) atoms. The second kappa shape index (κ2) is 5.14. The van der Waals surface area contributed by atoms with Crippen molar-refractivity contribution in [2.45, 2.75) is 13.1 Å². The maximum atomic E-state index is 5.97. The van der Waals surface area contributed by atoms with Crippen molar-refractivity contribution in [2.75, 3.05) is 0 Å². The molecule has 0 fully saturated rings. The van der Waals surface area contributed by atoms with E-state index in [9.17, 15) is 0 Å². The van der Waals surface area contributed by atoms with E-state index < -0.39 is 0 Å². The summed E-state index contributed by atoms with van der Waals surface area (Å²) < 4.78 is 0. The maximum Gasteiger partial charge on any atom is 0.0472 e. The van der Waals surface area contributed by atoms with Crippen LogP contribution in [0.25, 0.3) is 10.9 Å². The molecule has 4 heteroatoms. The molecular weight excluding hydrogens is 264 g/mol. The van der Waals surface area contributed by atoms with Gasteiger partial charge in [0.25, 0.3) is 0 Å². The third kappa shape index (κ3) is 2.43. The van der Waals surface area contributed by atoms with Gasteiger partial charge in [0.1, 0.15) is 0 Å². The molecular formula is C14H13ClN2S. The Morgan fingerprint density at radius 2 is 2.17 bits per heavy atom. The van der Waals surface area contributed by atoms with Gasteiger partial charge in [0, 0.05) is 40.1 Å². The molecule has 0 atom stereocenters. The predicted molar refractivity (Wildman–Crippen MR) is 78.2 cm³/mol. The molecule has 0 unspecified atom stereocenters. The first-order valence-electron chi connectivity index (χ1n) is 5.81. The van der Waals surface area contributed by atoms with Crippen LogP contribution < -0.4 is 5.32 Å². The molecule has 0 aliphatic rings. The molecule has 0 radical (unpaired) electrons. The minimum atomic E-state index is 0.766. The lowest BCUT2D eigenvalue weighted by Gasteiger charge is -2.02. The number of hydrogen-bond acceptors (Lipinski definition) is 2. The molecule has 1 aromatic carbocycles. The Balaban J connectivity index is 1.71. The number of thiophene rings is 1.